The van der Waals surface area contributed by atoms with Crippen LogP contribution in [0, 0.1) is 5.41 Å². The predicted molar refractivity (Wildman–Crippen MR) is 133 cm³/mol. The molecule has 0 unspecified atom stereocenters. The highest BCUT2D eigenvalue weighted by Crippen LogP contribution is 2.39. The minimum absolute atomic E-state index is 0.215. The molecule has 0 bridgehead atoms. The van der Waals surface area contributed by atoms with E-state index in [0.717, 1.165) is 45.1 Å². The standard InChI is InChI=1S/C29H24N2O/c1-29(2,3)16-19-9-6-12-22-20(19)11-7-13-23(22)26-28-27(31-17-30-26)25-21-10-5-4-8-18(21)14-15-24(25)32-28/h4-15,17H,16H2,1-3H3. The molecule has 0 amide bonds. The summed E-state index contributed by atoms with van der Waals surface area (Å²) in [7, 11) is 0. The first-order chi connectivity index (χ1) is 15.5. The van der Waals surface area contributed by atoms with Crippen molar-refractivity contribution in [1.82, 2.24) is 9.97 Å². The molecule has 0 spiro atoms. The summed E-state index contributed by atoms with van der Waals surface area (Å²) in [5, 5.41) is 5.85. The Morgan fingerprint density at radius 2 is 1.53 bits per heavy atom. The summed E-state index contributed by atoms with van der Waals surface area (Å²) in [5.74, 6) is 0. The van der Waals surface area contributed by atoms with Gasteiger partial charge in [-0.1, -0.05) is 87.5 Å². The number of hydrogen-bond donors (Lipinski definition) is 0. The van der Waals surface area contributed by atoms with E-state index in [0.29, 0.717) is 0 Å². The lowest BCUT2D eigenvalue weighted by molar-refractivity contribution is 0.412. The third kappa shape index (κ3) is 2.96. The maximum Gasteiger partial charge on any atom is 0.180 e. The largest absolute Gasteiger partial charge is 0.452 e. The summed E-state index contributed by atoms with van der Waals surface area (Å²) in [6.45, 7) is 6.84. The third-order valence-corrected chi connectivity index (χ3v) is 6.13. The van der Waals surface area contributed by atoms with Crippen LogP contribution in [0.3, 0.4) is 0 Å². The van der Waals surface area contributed by atoms with Gasteiger partial charge in [-0.05, 0) is 45.0 Å². The fraction of sp³-hybridized carbons (Fsp3) is 0.172. The zero-order chi connectivity index (χ0) is 21.9. The van der Waals surface area contributed by atoms with Gasteiger partial charge in [-0.15, -0.1) is 0 Å². The van der Waals surface area contributed by atoms with Crippen LogP contribution in [0.5, 0.6) is 0 Å². The minimum Gasteiger partial charge on any atom is -0.452 e. The molecule has 6 aromatic rings. The molecule has 0 radical (unpaired) electrons. The van der Waals surface area contributed by atoms with E-state index in [1.807, 2.05) is 6.07 Å². The van der Waals surface area contributed by atoms with Gasteiger partial charge in [0.25, 0.3) is 0 Å². The van der Waals surface area contributed by atoms with Gasteiger partial charge >= 0.3 is 0 Å². The Morgan fingerprint density at radius 1 is 0.750 bits per heavy atom. The van der Waals surface area contributed by atoms with Crippen molar-refractivity contribution in [2.24, 2.45) is 5.41 Å². The molecule has 0 fully saturated rings. The van der Waals surface area contributed by atoms with Crippen molar-refractivity contribution in [3.8, 4) is 11.3 Å². The summed E-state index contributed by atoms with van der Waals surface area (Å²) < 4.78 is 6.38. The molecule has 0 atom stereocenters. The van der Waals surface area contributed by atoms with Crippen molar-refractivity contribution < 1.29 is 4.42 Å². The first kappa shape index (κ1) is 19.0. The number of aromatic nitrogens is 2. The summed E-state index contributed by atoms with van der Waals surface area (Å²) in [4.78, 5) is 9.35. The lowest BCUT2D eigenvalue weighted by Gasteiger charge is -2.20. The predicted octanol–water partition coefficient (Wildman–Crippen LogP) is 7.94. The number of hydrogen-bond acceptors (Lipinski definition) is 3. The molecule has 2 aromatic heterocycles. The van der Waals surface area contributed by atoms with Crippen LogP contribution in [0.2, 0.25) is 0 Å². The van der Waals surface area contributed by atoms with E-state index < -0.39 is 0 Å². The van der Waals surface area contributed by atoms with E-state index in [1.54, 1.807) is 6.33 Å². The lowest BCUT2D eigenvalue weighted by atomic mass is 9.85. The second-order valence-corrected chi connectivity index (χ2v) is 9.72. The quantitative estimate of drug-likeness (QED) is 0.287. The van der Waals surface area contributed by atoms with Crippen LogP contribution in [0.15, 0.2) is 83.5 Å². The van der Waals surface area contributed by atoms with Crippen molar-refractivity contribution in [3.63, 3.8) is 0 Å². The molecular formula is C29H24N2O. The van der Waals surface area contributed by atoms with E-state index in [4.69, 9.17) is 9.40 Å². The Balaban J connectivity index is 1.65. The van der Waals surface area contributed by atoms with Crippen LogP contribution in [0.1, 0.15) is 26.3 Å². The first-order valence-corrected chi connectivity index (χ1v) is 11.1. The molecule has 2 heterocycles. The van der Waals surface area contributed by atoms with Crippen LogP contribution in [-0.4, -0.2) is 9.97 Å². The number of nitrogens with zero attached hydrogens (tertiary/aromatic N) is 2. The lowest BCUT2D eigenvalue weighted by Crippen LogP contribution is -2.09. The highest BCUT2D eigenvalue weighted by Gasteiger charge is 2.19. The van der Waals surface area contributed by atoms with E-state index in [9.17, 15) is 0 Å². The topological polar surface area (TPSA) is 38.9 Å². The van der Waals surface area contributed by atoms with Gasteiger partial charge in [0.1, 0.15) is 23.1 Å². The van der Waals surface area contributed by atoms with Gasteiger partial charge in [0, 0.05) is 5.56 Å². The molecule has 4 aromatic carbocycles. The van der Waals surface area contributed by atoms with Gasteiger partial charge in [0.2, 0.25) is 0 Å². The summed E-state index contributed by atoms with van der Waals surface area (Å²) in [6.07, 6.45) is 2.68. The zero-order valence-corrected chi connectivity index (χ0v) is 18.5. The van der Waals surface area contributed by atoms with Gasteiger partial charge in [-0.25, -0.2) is 9.97 Å². The Kier molecular flexibility index (Phi) is 4.09. The number of benzene rings is 4. The molecule has 0 N–H and O–H groups in total. The van der Waals surface area contributed by atoms with Crippen LogP contribution < -0.4 is 0 Å². The summed E-state index contributed by atoms with van der Waals surface area (Å²) >= 11 is 0. The van der Waals surface area contributed by atoms with E-state index in [2.05, 4.69) is 92.5 Å². The van der Waals surface area contributed by atoms with E-state index in [-0.39, 0.29) is 5.41 Å². The highest BCUT2D eigenvalue weighted by atomic mass is 16.3. The van der Waals surface area contributed by atoms with Gasteiger partial charge in [0.05, 0.1) is 5.39 Å². The van der Waals surface area contributed by atoms with Gasteiger partial charge in [-0.2, -0.15) is 0 Å². The highest BCUT2D eigenvalue weighted by molar-refractivity contribution is 6.19. The molecule has 32 heavy (non-hydrogen) atoms. The van der Waals surface area contributed by atoms with E-state index in [1.165, 1.54) is 21.7 Å². The fourth-order valence-corrected chi connectivity index (χ4v) is 4.84. The Labute approximate surface area is 186 Å². The van der Waals surface area contributed by atoms with Crippen molar-refractivity contribution in [3.05, 3.63) is 84.7 Å². The molecule has 0 saturated heterocycles. The Morgan fingerprint density at radius 3 is 2.41 bits per heavy atom. The third-order valence-electron chi connectivity index (χ3n) is 6.13. The maximum absolute atomic E-state index is 6.38. The molecule has 6 rings (SSSR count). The van der Waals surface area contributed by atoms with Crippen molar-refractivity contribution in [1.29, 1.82) is 0 Å². The molecule has 0 aliphatic carbocycles. The minimum atomic E-state index is 0.215. The Bertz CT molecular complexity index is 1640. The fourth-order valence-electron chi connectivity index (χ4n) is 4.84. The average Bonchev–Trinajstić information content (AvgIpc) is 3.17. The molecular weight excluding hydrogens is 392 g/mol. The van der Waals surface area contributed by atoms with Crippen molar-refractivity contribution in [2.75, 3.05) is 0 Å². The molecule has 0 aliphatic rings. The SMILES string of the molecule is CC(C)(C)Cc1cccc2c(-c3ncnc4c3oc3ccc5ccccc5c34)cccc12. The number of rotatable bonds is 2. The van der Waals surface area contributed by atoms with Crippen LogP contribution in [-0.2, 0) is 6.42 Å². The van der Waals surface area contributed by atoms with E-state index >= 15 is 0 Å². The molecule has 0 saturated carbocycles. The molecule has 3 nitrogen and oxygen atoms in total. The first-order valence-electron chi connectivity index (χ1n) is 11.1. The monoisotopic (exact) mass is 416 g/mol. The van der Waals surface area contributed by atoms with Crippen molar-refractivity contribution in [2.45, 2.75) is 27.2 Å². The van der Waals surface area contributed by atoms with Gasteiger partial charge in [-0.3, -0.25) is 0 Å². The normalized spacial score (nSPS) is 12.3. The average molecular weight is 417 g/mol. The number of furan rings is 1. The Hall–Kier alpha value is -3.72. The second-order valence-electron chi connectivity index (χ2n) is 9.72. The van der Waals surface area contributed by atoms with Gasteiger partial charge < -0.3 is 4.42 Å². The maximum atomic E-state index is 6.38. The van der Waals surface area contributed by atoms with Crippen LogP contribution in [0.25, 0.3) is 54.9 Å². The second kappa shape index (κ2) is 6.89. The zero-order valence-electron chi connectivity index (χ0n) is 18.5. The molecule has 3 heteroatoms. The number of fused-ring (bicyclic) bond motifs is 6. The molecule has 156 valence electrons. The van der Waals surface area contributed by atoms with Crippen LogP contribution in [0.4, 0.5) is 0 Å². The summed E-state index contributed by atoms with van der Waals surface area (Å²) in [5.41, 5.74) is 5.94. The van der Waals surface area contributed by atoms with Gasteiger partial charge in [0.15, 0.2) is 5.58 Å². The smallest absolute Gasteiger partial charge is 0.180 e. The molecule has 0 aliphatic heterocycles. The van der Waals surface area contributed by atoms with Crippen molar-refractivity contribution >= 4 is 43.6 Å². The van der Waals surface area contributed by atoms with Crippen LogP contribution >= 0.6 is 0 Å². The summed E-state index contributed by atoms with van der Waals surface area (Å²) in [6, 6.07) is 25.5.